The molecule has 1 aliphatic carbocycles. The molecule has 0 bridgehead atoms. The predicted octanol–water partition coefficient (Wildman–Crippen LogP) is 1.22. The Bertz CT molecular complexity index is 70.9. The van der Waals surface area contributed by atoms with Crippen LogP contribution in [0.5, 0.6) is 0 Å². The van der Waals surface area contributed by atoms with Crippen LogP contribution in [0.3, 0.4) is 0 Å². The molecule has 0 aromatic heterocycles. The number of halogens is 1. The molecule has 0 aliphatic heterocycles. The first-order valence-electron chi connectivity index (χ1n) is 3.13. The zero-order valence-electron chi connectivity index (χ0n) is 5.15. The van der Waals surface area contributed by atoms with Gasteiger partial charge in [-0.3, -0.25) is 0 Å². The van der Waals surface area contributed by atoms with E-state index in [1.165, 1.54) is 12.8 Å². The van der Waals surface area contributed by atoms with E-state index in [0.29, 0.717) is 5.38 Å². The number of hydrogen-bond donors (Lipinski definition) is 1. The molecular formula is C6H12ClN. The number of nitrogens with one attached hydrogen (secondary N) is 1. The summed E-state index contributed by atoms with van der Waals surface area (Å²) in [7, 11) is 1.94. The van der Waals surface area contributed by atoms with E-state index in [1.54, 1.807) is 0 Å². The summed E-state index contributed by atoms with van der Waals surface area (Å²) in [5, 5.41) is 3.45. The third-order valence-electron chi connectivity index (χ3n) is 1.53. The van der Waals surface area contributed by atoms with E-state index in [2.05, 4.69) is 5.32 Å². The third-order valence-corrected chi connectivity index (χ3v) is 2.04. The minimum atomic E-state index is 0.389. The molecule has 1 saturated carbocycles. The quantitative estimate of drug-likeness (QED) is 0.571. The Labute approximate surface area is 55.4 Å². The van der Waals surface area contributed by atoms with Gasteiger partial charge >= 0.3 is 0 Å². The van der Waals surface area contributed by atoms with E-state index in [-0.39, 0.29) is 0 Å². The first kappa shape index (κ1) is 6.37. The lowest BCUT2D eigenvalue weighted by Crippen LogP contribution is -2.20. The van der Waals surface area contributed by atoms with Crippen LogP contribution in [0.15, 0.2) is 0 Å². The Morgan fingerprint density at radius 1 is 1.75 bits per heavy atom. The van der Waals surface area contributed by atoms with E-state index in [0.717, 1.165) is 12.5 Å². The molecule has 0 amide bonds. The molecule has 0 aromatic carbocycles. The molecule has 0 radical (unpaired) electrons. The van der Waals surface area contributed by atoms with E-state index in [1.807, 2.05) is 7.05 Å². The van der Waals surface area contributed by atoms with Crippen molar-refractivity contribution in [3.63, 3.8) is 0 Å². The van der Waals surface area contributed by atoms with Crippen LogP contribution in [0.1, 0.15) is 12.8 Å². The summed E-state index contributed by atoms with van der Waals surface area (Å²) in [5.74, 6) is 0.823. The smallest absolute Gasteiger partial charge is 0.0488 e. The van der Waals surface area contributed by atoms with Gasteiger partial charge in [-0.15, -0.1) is 11.6 Å². The summed E-state index contributed by atoms with van der Waals surface area (Å²) < 4.78 is 0. The van der Waals surface area contributed by atoms with E-state index < -0.39 is 0 Å². The molecule has 1 unspecified atom stereocenters. The molecule has 48 valence electrons. The normalized spacial score (nSPS) is 23.2. The van der Waals surface area contributed by atoms with Gasteiger partial charge in [-0.05, 0) is 25.8 Å². The van der Waals surface area contributed by atoms with Gasteiger partial charge in [0.25, 0.3) is 0 Å². The van der Waals surface area contributed by atoms with E-state index >= 15 is 0 Å². The zero-order chi connectivity index (χ0) is 5.98. The first-order valence-corrected chi connectivity index (χ1v) is 3.57. The summed E-state index contributed by atoms with van der Waals surface area (Å²) in [6.07, 6.45) is 2.69. The summed E-state index contributed by atoms with van der Waals surface area (Å²) in [4.78, 5) is 0. The highest BCUT2D eigenvalue weighted by Gasteiger charge is 2.28. The monoisotopic (exact) mass is 133 g/mol. The molecule has 0 saturated heterocycles. The zero-order valence-corrected chi connectivity index (χ0v) is 5.91. The van der Waals surface area contributed by atoms with Crippen molar-refractivity contribution in [3.05, 3.63) is 0 Å². The maximum absolute atomic E-state index is 5.92. The largest absolute Gasteiger partial charge is 0.318 e. The Morgan fingerprint density at radius 2 is 2.38 bits per heavy atom. The highest BCUT2D eigenvalue weighted by molar-refractivity contribution is 6.21. The SMILES string of the molecule is CNCC(Cl)C1CC1. The molecule has 1 aliphatic rings. The average molecular weight is 134 g/mol. The maximum Gasteiger partial charge on any atom is 0.0488 e. The molecule has 1 fully saturated rings. The minimum Gasteiger partial charge on any atom is -0.318 e. The number of alkyl halides is 1. The Kier molecular flexibility index (Phi) is 2.15. The highest BCUT2D eigenvalue weighted by Crippen LogP contribution is 2.35. The second-order valence-electron chi connectivity index (χ2n) is 2.41. The summed E-state index contributed by atoms with van der Waals surface area (Å²) in [6, 6.07) is 0. The summed E-state index contributed by atoms with van der Waals surface area (Å²) in [6.45, 7) is 0.965. The molecule has 1 atom stereocenters. The lowest BCUT2D eigenvalue weighted by atomic mass is 10.3. The second kappa shape index (κ2) is 2.70. The van der Waals surface area contributed by atoms with Crippen molar-refractivity contribution in [1.82, 2.24) is 5.32 Å². The van der Waals surface area contributed by atoms with Gasteiger partial charge in [-0.25, -0.2) is 0 Å². The molecule has 0 aromatic rings. The van der Waals surface area contributed by atoms with Gasteiger partial charge in [0.2, 0.25) is 0 Å². The summed E-state index contributed by atoms with van der Waals surface area (Å²) >= 11 is 5.92. The Hall–Kier alpha value is 0.250. The van der Waals surface area contributed by atoms with Crippen LogP contribution < -0.4 is 5.32 Å². The number of hydrogen-bond acceptors (Lipinski definition) is 1. The molecule has 1 nitrogen and oxygen atoms in total. The maximum atomic E-state index is 5.92. The van der Waals surface area contributed by atoms with Crippen LogP contribution in [-0.4, -0.2) is 19.0 Å². The average Bonchev–Trinajstić information content (AvgIpc) is 2.45. The van der Waals surface area contributed by atoms with Gasteiger partial charge < -0.3 is 5.32 Å². The van der Waals surface area contributed by atoms with Gasteiger partial charge in [0, 0.05) is 11.9 Å². The van der Waals surface area contributed by atoms with Crippen molar-refractivity contribution < 1.29 is 0 Å². The van der Waals surface area contributed by atoms with Crippen molar-refractivity contribution >= 4 is 11.6 Å². The molecule has 2 heteroatoms. The fraction of sp³-hybridized carbons (Fsp3) is 1.00. The van der Waals surface area contributed by atoms with Gasteiger partial charge in [-0.1, -0.05) is 0 Å². The highest BCUT2D eigenvalue weighted by atomic mass is 35.5. The fourth-order valence-electron chi connectivity index (χ4n) is 0.820. The molecular weight excluding hydrogens is 122 g/mol. The van der Waals surface area contributed by atoms with Gasteiger partial charge in [0.1, 0.15) is 0 Å². The van der Waals surface area contributed by atoms with Crippen molar-refractivity contribution in [3.8, 4) is 0 Å². The van der Waals surface area contributed by atoms with Gasteiger partial charge in [0.15, 0.2) is 0 Å². The Morgan fingerprint density at radius 3 is 2.75 bits per heavy atom. The van der Waals surface area contributed by atoms with Gasteiger partial charge in [-0.2, -0.15) is 0 Å². The molecule has 0 spiro atoms. The summed E-state index contributed by atoms with van der Waals surface area (Å²) in [5.41, 5.74) is 0. The van der Waals surface area contributed by atoms with Crippen molar-refractivity contribution in [2.45, 2.75) is 18.2 Å². The topological polar surface area (TPSA) is 12.0 Å². The molecule has 1 N–H and O–H groups in total. The molecule has 0 heterocycles. The van der Waals surface area contributed by atoms with Crippen LogP contribution >= 0.6 is 11.6 Å². The predicted molar refractivity (Wildman–Crippen MR) is 36.3 cm³/mol. The molecule has 1 rings (SSSR count). The lowest BCUT2D eigenvalue weighted by molar-refractivity contribution is 0.675. The van der Waals surface area contributed by atoms with Gasteiger partial charge in [0.05, 0.1) is 0 Å². The van der Waals surface area contributed by atoms with E-state index in [4.69, 9.17) is 11.6 Å². The lowest BCUT2D eigenvalue weighted by Gasteiger charge is -2.03. The van der Waals surface area contributed by atoms with Crippen LogP contribution in [0.2, 0.25) is 0 Å². The van der Waals surface area contributed by atoms with Crippen molar-refractivity contribution in [2.24, 2.45) is 5.92 Å². The van der Waals surface area contributed by atoms with Crippen LogP contribution in [0.4, 0.5) is 0 Å². The standard InChI is InChI=1S/C6H12ClN/c1-8-4-6(7)5-2-3-5/h5-6,8H,2-4H2,1H3. The third kappa shape index (κ3) is 1.64. The minimum absolute atomic E-state index is 0.389. The van der Waals surface area contributed by atoms with Crippen LogP contribution in [0.25, 0.3) is 0 Å². The second-order valence-corrected chi connectivity index (χ2v) is 2.97. The molecule has 8 heavy (non-hydrogen) atoms. The fourth-order valence-corrected chi connectivity index (χ4v) is 1.23. The van der Waals surface area contributed by atoms with E-state index in [9.17, 15) is 0 Å². The number of rotatable bonds is 3. The van der Waals surface area contributed by atoms with Crippen LogP contribution in [-0.2, 0) is 0 Å². The van der Waals surface area contributed by atoms with Crippen LogP contribution in [0, 0.1) is 5.92 Å². The van der Waals surface area contributed by atoms with Crippen molar-refractivity contribution in [1.29, 1.82) is 0 Å². The first-order chi connectivity index (χ1) is 3.84. The Balaban J connectivity index is 2.03. The van der Waals surface area contributed by atoms with Crippen molar-refractivity contribution in [2.75, 3.05) is 13.6 Å².